The lowest BCUT2D eigenvalue weighted by atomic mass is 10.1. The summed E-state index contributed by atoms with van der Waals surface area (Å²) in [6.45, 7) is 2.15. The summed E-state index contributed by atoms with van der Waals surface area (Å²) in [5.41, 5.74) is 2.71. The first-order valence-corrected chi connectivity index (χ1v) is 9.40. The fourth-order valence-corrected chi connectivity index (χ4v) is 5.17. The van der Waals surface area contributed by atoms with Crippen molar-refractivity contribution in [3.8, 4) is 0 Å². The maximum absolute atomic E-state index is 13.8. The molecule has 0 unspecified atom stereocenters. The molecule has 4 rings (SSSR count). The van der Waals surface area contributed by atoms with Crippen molar-refractivity contribution in [3.05, 3.63) is 68.3 Å². The van der Waals surface area contributed by atoms with E-state index in [1.54, 1.807) is 35.6 Å². The minimum absolute atomic E-state index is 0.265. The van der Waals surface area contributed by atoms with Crippen LogP contribution >= 0.6 is 27.3 Å². The first-order valence-electron chi connectivity index (χ1n) is 7.79. The number of imide groups is 1. The molecule has 0 saturated carbocycles. The van der Waals surface area contributed by atoms with E-state index in [0.717, 1.165) is 25.0 Å². The average molecular weight is 418 g/mol. The molecule has 2 amide bonds. The van der Waals surface area contributed by atoms with E-state index in [4.69, 9.17) is 0 Å². The molecule has 0 bridgehead atoms. The molecule has 0 aliphatic carbocycles. The van der Waals surface area contributed by atoms with Gasteiger partial charge in [0, 0.05) is 16.6 Å². The van der Waals surface area contributed by atoms with Crippen LogP contribution in [0.2, 0.25) is 0 Å². The molecule has 3 nitrogen and oxygen atoms in total. The van der Waals surface area contributed by atoms with Gasteiger partial charge in [0.15, 0.2) is 0 Å². The Bertz CT molecular complexity index is 1010. The first-order chi connectivity index (χ1) is 12.0. The maximum Gasteiger partial charge on any atom is 0.261 e. The van der Waals surface area contributed by atoms with Crippen molar-refractivity contribution in [1.82, 2.24) is 4.90 Å². The third kappa shape index (κ3) is 2.60. The molecule has 1 aromatic heterocycles. The first kappa shape index (κ1) is 16.4. The lowest BCUT2D eigenvalue weighted by Crippen LogP contribution is -2.31. The number of fused-ring (bicyclic) bond motifs is 2. The van der Waals surface area contributed by atoms with Crippen molar-refractivity contribution < 1.29 is 14.0 Å². The second kappa shape index (κ2) is 6.04. The quantitative estimate of drug-likeness (QED) is 0.565. The molecule has 2 heterocycles. The van der Waals surface area contributed by atoms with Crippen molar-refractivity contribution in [1.29, 1.82) is 0 Å². The fraction of sp³-hybridized carbons (Fsp3) is 0.158. The molecule has 0 spiro atoms. The van der Waals surface area contributed by atoms with Gasteiger partial charge in [-0.25, -0.2) is 4.39 Å². The van der Waals surface area contributed by atoms with E-state index in [0.29, 0.717) is 17.5 Å². The van der Waals surface area contributed by atoms with Gasteiger partial charge in [-0.1, -0.05) is 12.1 Å². The zero-order chi connectivity index (χ0) is 17.7. The highest BCUT2D eigenvalue weighted by Gasteiger charge is 2.34. The van der Waals surface area contributed by atoms with Crippen LogP contribution in [0.5, 0.6) is 0 Å². The predicted molar refractivity (Wildman–Crippen MR) is 99.7 cm³/mol. The van der Waals surface area contributed by atoms with E-state index in [1.807, 2.05) is 6.92 Å². The molecular weight excluding hydrogens is 405 g/mol. The van der Waals surface area contributed by atoms with Crippen LogP contribution in [0.25, 0.3) is 10.1 Å². The van der Waals surface area contributed by atoms with Gasteiger partial charge in [-0.2, -0.15) is 0 Å². The zero-order valence-corrected chi connectivity index (χ0v) is 15.7. The van der Waals surface area contributed by atoms with Gasteiger partial charge in [-0.15, -0.1) is 11.3 Å². The monoisotopic (exact) mass is 417 g/mol. The van der Waals surface area contributed by atoms with Crippen molar-refractivity contribution >= 4 is 49.2 Å². The Hall–Kier alpha value is -2.05. The van der Waals surface area contributed by atoms with Crippen LogP contribution in [0.15, 0.2) is 40.2 Å². The number of thiophene rings is 1. The number of rotatable bonds is 3. The van der Waals surface area contributed by atoms with E-state index >= 15 is 0 Å². The number of hydrogen-bond acceptors (Lipinski definition) is 3. The van der Waals surface area contributed by atoms with E-state index in [9.17, 15) is 14.0 Å². The largest absolute Gasteiger partial charge is 0.274 e. The van der Waals surface area contributed by atoms with Crippen LogP contribution < -0.4 is 0 Å². The van der Waals surface area contributed by atoms with Crippen molar-refractivity contribution in [2.24, 2.45) is 0 Å². The summed E-state index contributed by atoms with van der Waals surface area (Å²) in [7, 11) is 0. The van der Waals surface area contributed by atoms with Gasteiger partial charge in [0.2, 0.25) is 0 Å². The van der Waals surface area contributed by atoms with E-state index in [-0.39, 0.29) is 24.2 Å². The van der Waals surface area contributed by atoms with Crippen LogP contribution in [-0.4, -0.2) is 23.3 Å². The fourth-order valence-electron chi connectivity index (χ4n) is 3.25. The SMILES string of the molecule is Cc1cc(F)cc2c(CCN3C(=O)c4ccccc4C3=O)c(Br)sc12. The highest BCUT2D eigenvalue weighted by Crippen LogP contribution is 2.38. The molecule has 0 radical (unpaired) electrons. The standard InChI is InChI=1S/C19H13BrFNO2S/c1-10-8-11(21)9-15-12(17(20)25-16(10)15)6-7-22-18(23)13-4-2-3-5-14(13)19(22)24/h2-5,8-9H,6-7H2,1H3. The number of nitrogens with zero attached hydrogens (tertiary/aromatic N) is 1. The molecule has 25 heavy (non-hydrogen) atoms. The van der Waals surface area contributed by atoms with Crippen LogP contribution in [0.4, 0.5) is 4.39 Å². The number of hydrogen-bond donors (Lipinski definition) is 0. The molecule has 6 heteroatoms. The lowest BCUT2D eigenvalue weighted by Gasteiger charge is -2.13. The van der Waals surface area contributed by atoms with Crippen LogP contribution in [0.3, 0.4) is 0 Å². The summed E-state index contributed by atoms with van der Waals surface area (Å²) in [5.74, 6) is -0.811. The van der Waals surface area contributed by atoms with E-state index in [1.165, 1.54) is 17.0 Å². The number of amides is 2. The summed E-state index contributed by atoms with van der Waals surface area (Å²) in [6, 6.07) is 9.87. The van der Waals surface area contributed by atoms with E-state index < -0.39 is 0 Å². The number of carbonyl (C=O) groups excluding carboxylic acids is 2. The average Bonchev–Trinajstić information content (AvgIpc) is 3.02. The molecular formula is C19H13BrFNO2S. The van der Waals surface area contributed by atoms with E-state index in [2.05, 4.69) is 15.9 Å². The second-order valence-corrected chi connectivity index (χ2v) is 8.35. The summed E-state index contributed by atoms with van der Waals surface area (Å²) in [4.78, 5) is 26.2. The van der Waals surface area contributed by atoms with Gasteiger partial charge >= 0.3 is 0 Å². The minimum atomic E-state index is -0.280. The predicted octanol–water partition coefficient (Wildman–Crippen LogP) is 4.95. The molecule has 0 saturated heterocycles. The Morgan fingerprint density at radius 1 is 1.12 bits per heavy atom. The molecule has 0 N–H and O–H groups in total. The second-order valence-electron chi connectivity index (χ2n) is 6.01. The maximum atomic E-state index is 13.8. The Labute approximate surface area is 156 Å². The molecule has 1 aliphatic rings. The highest BCUT2D eigenvalue weighted by molar-refractivity contribution is 9.11. The molecule has 0 atom stereocenters. The summed E-state index contributed by atoms with van der Waals surface area (Å²) >= 11 is 5.09. The zero-order valence-electron chi connectivity index (χ0n) is 13.3. The normalized spacial score (nSPS) is 13.8. The number of halogens is 2. The lowest BCUT2D eigenvalue weighted by molar-refractivity contribution is 0.0656. The van der Waals surface area contributed by atoms with Gasteiger partial charge in [0.05, 0.1) is 14.9 Å². The minimum Gasteiger partial charge on any atom is -0.274 e. The third-order valence-electron chi connectivity index (χ3n) is 4.46. The van der Waals surface area contributed by atoms with Gasteiger partial charge in [-0.3, -0.25) is 14.5 Å². The number of benzene rings is 2. The number of aryl methyl sites for hydroxylation is 1. The smallest absolute Gasteiger partial charge is 0.261 e. The molecule has 3 aromatic rings. The van der Waals surface area contributed by atoms with Crippen LogP contribution in [0, 0.1) is 12.7 Å². The van der Waals surface area contributed by atoms with Crippen molar-refractivity contribution in [2.75, 3.05) is 6.54 Å². The number of carbonyl (C=O) groups is 2. The molecule has 1 aliphatic heterocycles. The Morgan fingerprint density at radius 3 is 2.40 bits per heavy atom. The molecule has 2 aromatic carbocycles. The Kier molecular flexibility index (Phi) is 3.96. The third-order valence-corrected chi connectivity index (χ3v) is 6.59. The molecule has 126 valence electrons. The van der Waals surface area contributed by atoms with Gasteiger partial charge in [0.1, 0.15) is 5.82 Å². The Morgan fingerprint density at radius 2 is 1.76 bits per heavy atom. The van der Waals surface area contributed by atoms with Gasteiger partial charge < -0.3 is 0 Å². The summed E-state index contributed by atoms with van der Waals surface area (Å²) < 4.78 is 15.7. The van der Waals surface area contributed by atoms with Crippen LogP contribution in [0.1, 0.15) is 31.8 Å². The van der Waals surface area contributed by atoms with Crippen molar-refractivity contribution in [2.45, 2.75) is 13.3 Å². The summed E-state index contributed by atoms with van der Waals surface area (Å²) in [6.07, 6.45) is 0.481. The van der Waals surface area contributed by atoms with Crippen molar-refractivity contribution in [3.63, 3.8) is 0 Å². The summed E-state index contributed by atoms with van der Waals surface area (Å²) in [5, 5.41) is 0.839. The van der Waals surface area contributed by atoms with Crippen LogP contribution in [-0.2, 0) is 6.42 Å². The topological polar surface area (TPSA) is 37.4 Å². The Balaban J connectivity index is 1.65. The highest BCUT2D eigenvalue weighted by atomic mass is 79.9. The molecule has 0 fully saturated rings. The van der Waals surface area contributed by atoms with Gasteiger partial charge in [-0.05, 0) is 64.7 Å². The van der Waals surface area contributed by atoms with Gasteiger partial charge in [0.25, 0.3) is 11.8 Å².